The molecular formula is C35H22O4. The number of allylic oxidation sites excluding steroid dienone is 2. The molecule has 0 unspecified atom stereocenters. The van der Waals surface area contributed by atoms with Crippen LogP contribution in [0.3, 0.4) is 0 Å². The molecule has 0 spiro atoms. The molecular weight excluding hydrogens is 484 g/mol. The molecule has 4 heteroatoms. The molecule has 0 saturated carbocycles. The molecule has 5 aromatic carbocycles. The second-order valence-electron chi connectivity index (χ2n) is 9.46. The highest BCUT2D eigenvalue weighted by Crippen LogP contribution is 2.40. The number of carbonyl (C=O) groups excluding carboxylic acids is 4. The molecule has 0 heterocycles. The lowest BCUT2D eigenvalue weighted by atomic mass is 9.75. The van der Waals surface area contributed by atoms with Gasteiger partial charge in [0, 0.05) is 27.8 Å². The van der Waals surface area contributed by atoms with E-state index in [4.69, 9.17) is 0 Å². The Morgan fingerprint density at radius 1 is 0.513 bits per heavy atom. The number of benzene rings is 5. The van der Waals surface area contributed by atoms with Crippen LogP contribution in [0.2, 0.25) is 0 Å². The second kappa shape index (κ2) is 9.92. The first kappa shape index (κ1) is 24.1. The molecule has 4 nitrogen and oxygen atoms in total. The maximum absolute atomic E-state index is 14.2. The zero-order chi connectivity index (χ0) is 26.9. The average molecular weight is 507 g/mol. The van der Waals surface area contributed by atoms with Crippen molar-refractivity contribution in [3.05, 3.63) is 160 Å². The third kappa shape index (κ3) is 4.22. The SMILES string of the molecule is O=C1C(=O)c2ccc3cccc(Cc4ccccc4)c3c2C(C(=O)c2ccccc2)=C1C(=O)c1ccccc1. The number of hydrogen-bond acceptors (Lipinski definition) is 4. The molecule has 0 radical (unpaired) electrons. The van der Waals surface area contributed by atoms with Gasteiger partial charge in [-0.25, -0.2) is 0 Å². The fourth-order valence-electron chi connectivity index (χ4n) is 5.25. The Bertz CT molecular complexity index is 1820. The van der Waals surface area contributed by atoms with Crippen LogP contribution in [0.25, 0.3) is 16.3 Å². The summed E-state index contributed by atoms with van der Waals surface area (Å²) in [6.07, 6.45) is 0.547. The van der Waals surface area contributed by atoms with Crippen LogP contribution in [0.4, 0.5) is 0 Å². The topological polar surface area (TPSA) is 68.3 Å². The number of rotatable bonds is 6. The van der Waals surface area contributed by atoms with Crippen molar-refractivity contribution >= 4 is 39.5 Å². The summed E-state index contributed by atoms with van der Waals surface area (Å²) in [5, 5.41) is 1.51. The number of hydrogen-bond donors (Lipinski definition) is 0. The lowest BCUT2D eigenvalue weighted by Crippen LogP contribution is -2.31. The van der Waals surface area contributed by atoms with Crippen molar-refractivity contribution in [1.82, 2.24) is 0 Å². The van der Waals surface area contributed by atoms with Crippen molar-refractivity contribution in [3.8, 4) is 0 Å². The van der Waals surface area contributed by atoms with Crippen LogP contribution in [-0.2, 0) is 11.2 Å². The van der Waals surface area contributed by atoms with E-state index in [1.807, 2.05) is 48.5 Å². The van der Waals surface area contributed by atoms with E-state index in [9.17, 15) is 19.2 Å². The largest absolute Gasteiger partial charge is 0.289 e. The number of ketones is 4. The van der Waals surface area contributed by atoms with Gasteiger partial charge in [-0.05, 0) is 34.4 Å². The summed E-state index contributed by atoms with van der Waals surface area (Å²) in [7, 11) is 0. The molecule has 1 aliphatic rings. The van der Waals surface area contributed by atoms with Gasteiger partial charge in [-0.2, -0.15) is 0 Å². The minimum absolute atomic E-state index is 0.0271. The summed E-state index contributed by atoms with van der Waals surface area (Å²) in [5.41, 5.74) is 2.59. The normalized spacial score (nSPS) is 12.9. The predicted octanol–water partition coefficient (Wildman–Crippen LogP) is 6.72. The average Bonchev–Trinajstić information content (AvgIpc) is 2.99. The van der Waals surface area contributed by atoms with Crippen LogP contribution in [0, 0.1) is 0 Å². The zero-order valence-corrected chi connectivity index (χ0v) is 20.9. The van der Waals surface area contributed by atoms with Gasteiger partial charge >= 0.3 is 0 Å². The smallest absolute Gasteiger partial charge is 0.238 e. The van der Waals surface area contributed by atoms with Crippen LogP contribution < -0.4 is 0 Å². The van der Waals surface area contributed by atoms with Gasteiger partial charge in [0.2, 0.25) is 11.6 Å². The molecule has 5 aromatic rings. The van der Waals surface area contributed by atoms with Gasteiger partial charge < -0.3 is 0 Å². The van der Waals surface area contributed by atoms with Crippen molar-refractivity contribution < 1.29 is 19.2 Å². The Morgan fingerprint density at radius 2 is 1.08 bits per heavy atom. The molecule has 0 atom stereocenters. The lowest BCUT2D eigenvalue weighted by Gasteiger charge is -2.24. The van der Waals surface area contributed by atoms with E-state index in [1.54, 1.807) is 72.8 Å². The number of carbonyl (C=O) groups is 4. The first-order valence-corrected chi connectivity index (χ1v) is 12.7. The van der Waals surface area contributed by atoms with Crippen molar-refractivity contribution in [3.63, 3.8) is 0 Å². The molecule has 0 amide bonds. The summed E-state index contributed by atoms with van der Waals surface area (Å²) < 4.78 is 0. The lowest BCUT2D eigenvalue weighted by molar-refractivity contribution is -0.111. The Balaban J connectivity index is 1.71. The van der Waals surface area contributed by atoms with E-state index >= 15 is 0 Å². The molecule has 0 bridgehead atoms. The van der Waals surface area contributed by atoms with Crippen LogP contribution in [0.5, 0.6) is 0 Å². The molecule has 0 fully saturated rings. The van der Waals surface area contributed by atoms with E-state index in [2.05, 4.69) is 0 Å². The number of Topliss-reactive ketones (excluding diaryl/α,β-unsaturated/α-hetero) is 4. The van der Waals surface area contributed by atoms with Gasteiger partial charge in [-0.1, -0.05) is 115 Å². The third-order valence-corrected chi connectivity index (χ3v) is 7.07. The van der Waals surface area contributed by atoms with Crippen LogP contribution in [0.1, 0.15) is 47.8 Å². The molecule has 0 aliphatic heterocycles. The van der Waals surface area contributed by atoms with Crippen LogP contribution in [0.15, 0.2) is 127 Å². The van der Waals surface area contributed by atoms with Gasteiger partial charge in [0.25, 0.3) is 0 Å². The van der Waals surface area contributed by atoms with E-state index in [0.29, 0.717) is 22.9 Å². The standard InChI is InChI=1S/C35H22O4/c36-32(24-13-6-2-7-14-24)30-29-27(34(38)35(39)31(30)33(37)25-15-8-3-9-16-25)20-19-23-17-10-18-26(28(23)29)21-22-11-4-1-5-12-22/h1-20H,21H2. The summed E-state index contributed by atoms with van der Waals surface area (Å²) in [6.45, 7) is 0. The van der Waals surface area contributed by atoms with Gasteiger partial charge in [-0.3, -0.25) is 19.2 Å². The summed E-state index contributed by atoms with van der Waals surface area (Å²) in [5.74, 6) is -2.86. The molecule has 6 rings (SSSR count). The maximum Gasteiger partial charge on any atom is 0.238 e. The van der Waals surface area contributed by atoms with Crippen molar-refractivity contribution in [2.24, 2.45) is 0 Å². The van der Waals surface area contributed by atoms with Gasteiger partial charge in [-0.15, -0.1) is 0 Å². The highest BCUT2D eigenvalue weighted by molar-refractivity contribution is 6.62. The maximum atomic E-state index is 14.2. The molecule has 0 saturated heterocycles. The summed E-state index contributed by atoms with van der Waals surface area (Å²) in [4.78, 5) is 55.2. The van der Waals surface area contributed by atoms with Crippen molar-refractivity contribution in [2.45, 2.75) is 6.42 Å². The minimum Gasteiger partial charge on any atom is -0.289 e. The van der Waals surface area contributed by atoms with Crippen molar-refractivity contribution in [1.29, 1.82) is 0 Å². The predicted molar refractivity (Wildman–Crippen MR) is 151 cm³/mol. The first-order chi connectivity index (χ1) is 19.0. The monoisotopic (exact) mass is 506 g/mol. The second-order valence-corrected chi connectivity index (χ2v) is 9.46. The first-order valence-electron chi connectivity index (χ1n) is 12.7. The highest BCUT2D eigenvalue weighted by Gasteiger charge is 2.40. The summed E-state index contributed by atoms with van der Waals surface area (Å²) in [6, 6.07) is 35.9. The minimum atomic E-state index is -0.962. The van der Waals surface area contributed by atoms with Crippen molar-refractivity contribution in [2.75, 3.05) is 0 Å². The van der Waals surface area contributed by atoms with E-state index in [-0.39, 0.29) is 22.3 Å². The van der Waals surface area contributed by atoms with Gasteiger partial charge in [0.1, 0.15) is 0 Å². The number of fused-ring (bicyclic) bond motifs is 3. The van der Waals surface area contributed by atoms with Gasteiger partial charge in [0.05, 0.1) is 5.57 Å². The Hall–Kier alpha value is -5.22. The Kier molecular flexibility index (Phi) is 6.14. The Morgan fingerprint density at radius 3 is 1.69 bits per heavy atom. The van der Waals surface area contributed by atoms with Crippen LogP contribution in [-0.4, -0.2) is 23.1 Å². The fraction of sp³-hybridized carbons (Fsp3) is 0.0286. The quantitative estimate of drug-likeness (QED) is 0.146. The van der Waals surface area contributed by atoms with Crippen LogP contribution >= 0.6 is 0 Å². The highest BCUT2D eigenvalue weighted by atomic mass is 16.2. The molecule has 39 heavy (non-hydrogen) atoms. The molecule has 0 aromatic heterocycles. The Labute approximate surface area is 225 Å². The van der Waals surface area contributed by atoms with E-state index < -0.39 is 23.1 Å². The van der Waals surface area contributed by atoms with E-state index in [1.165, 1.54) is 0 Å². The molecule has 1 aliphatic carbocycles. The molecule has 186 valence electrons. The molecule has 0 N–H and O–H groups in total. The third-order valence-electron chi connectivity index (χ3n) is 7.07. The van der Waals surface area contributed by atoms with Gasteiger partial charge in [0.15, 0.2) is 11.6 Å². The van der Waals surface area contributed by atoms with E-state index in [0.717, 1.165) is 16.5 Å². The summed E-state index contributed by atoms with van der Waals surface area (Å²) >= 11 is 0. The zero-order valence-electron chi connectivity index (χ0n) is 20.9. The fourth-order valence-corrected chi connectivity index (χ4v) is 5.25.